The van der Waals surface area contributed by atoms with Crippen LogP contribution in [0.1, 0.15) is 19.3 Å². The molecule has 0 spiro atoms. The van der Waals surface area contributed by atoms with Crippen LogP contribution in [0.3, 0.4) is 0 Å². The summed E-state index contributed by atoms with van der Waals surface area (Å²) >= 11 is 0. The number of aliphatic hydroxyl groups is 1. The number of ether oxygens (including phenoxy) is 1. The van der Waals surface area contributed by atoms with Crippen molar-refractivity contribution < 1.29 is 19.4 Å². The highest BCUT2D eigenvalue weighted by molar-refractivity contribution is 5.82. The minimum absolute atomic E-state index is 0.0199. The van der Waals surface area contributed by atoms with Gasteiger partial charge in [0.2, 0.25) is 5.91 Å². The van der Waals surface area contributed by atoms with Crippen LogP contribution in [-0.4, -0.2) is 48.2 Å². The van der Waals surface area contributed by atoms with Crippen LogP contribution in [-0.2, 0) is 14.3 Å². The maximum absolute atomic E-state index is 11.2. The van der Waals surface area contributed by atoms with Crippen molar-refractivity contribution >= 4 is 11.9 Å². The van der Waals surface area contributed by atoms with Crippen molar-refractivity contribution in [3.05, 3.63) is 12.2 Å². The standard InChI is InChI=1S/C11H17NO4/c13-8-2-1-5-11(15)16-9-7-12-6-3-4-10(12)14/h1,5,13H,2-4,6-9H2/b5-1+. The molecule has 0 aromatic rings. The molecule has 1 N–H and O–H groups in total. The lowest BCUT2D eigenvalue weighted by Crippen LogP contribution is -2.29. The van der Waals surface area contributed by atoms with Crippen LogP contribution in [0, 0.1) is 0 Å². The minimum atomic E-state index is -0.430. The van der Waals surface area contributed by atoms with Crippen LogP contribution < -0.4 is 0 Å². The molecule has 16 heavy (non-hydrogen) atoms. The monoisotopic (exact) mass is 227 g/mol. The number of likely N-dealkylation sites (tertiary alicyclic amines) is 1. The summed E-state index contributed by atoms with van der Waals surface area (Å²) in [7, 11) is 0. The summed E-state index contributed by atoms with van der Waals surface area (Å²) in [6.45, 7) is 1.48. The van der Waals surface area contributed by atoms with Crippen LogP contribution in [0.5, 0.6) is 0 Å². The molecule has 0 aromatic heterocycles. The summed E-state index contributed by atoms with van der Waals surface area (Å²) in [6.07, 6.45) is 4.79. The second-order valence-electron chi connectivity index (χ2n) is 3.57. The van der Waals surface area contributed by atoms with Crippen molar-refractivity contribution in [2.24, 2.45) is 0 Å². The summed E-state index contributed by atoms with van der Waals surface area (Å²) in [5.74, 6) is -0.299. The Morgan fingerprint density at radius 3 is 3.00 bits per heavy atom. The third-order valence-electron chi connectivity index (χ3n) is 2.33. The fraction of sp³-hybridized carbons (Fsp3) is 0.636. The van der Waals surface area contributed by atoms with Gasteiger partial charge < -0.3 is 14.7 Å². The summed E-state index contributed by atoms with van der Waals surface area (Å²) < 4.78 is 4.90. The zero-order valence-corrected chi connectivity index (χ0v) is 9.22. The number of carbonyl (C=O) groups excluding carboxylic acids is 2. The minimum Gasteiger partial charge on any atom is -0.461 e. The third-order valence-corrected chi connectivity index (χ3v) is 2.33. The normalized spacial score (nSPS) is 16.1. The van der Waals surface area contributed by atoms with Crippen molar-refractivity contribution in [2.45, 2.75) is 19.3 Å². The van der Waals surface area contributed by atoms with E-state index < -0.39 is 5.97 Å². The van der Waals surface area contributed by atoms with Crippen molar-refractivity contribution in [1.29, 1.82) is 0 Å². The summed E-state index contributed by atoms with van der Waals surface area (Å²) in [4.78, 5) is 24.0. The van der Waals surface area contributed by atoms with E-state index in [4.69, 9.17) is 9.84 Å². The molecule has 0 radical (unpaired) electrons. The van der Waals surface area contributed by atoms with E-state index in [0.29, 0.717) is 19.4 Å². The van der Waals surface area contributed by atoms with Crippen LogP contribution in [0.4, 0.5) is 0 Å². The quantitative estimate of drug-likeness (QED) is 0.516. The Bertz CT molecular complexity index is 275. The van der Waals surface area contributed by atoms with E-state index in [1.54, 1.807) is 11.0 Å². The number of nitrogens with zero attached hydrogens (tertiary/aromatic N) is 1. The van der Waals surface area contributed by atoms with E-state index in [1.165, 1.54) is 6.08 Å². The molecule has 0 aliphatic carbocycles. The highest BCUT2D eigenvalue weighted by Gasteiger charge is 2.19. The first-order chi connectivity index (χ1) is 7.74. The van der Waals surface area contributed by atoms with Gasteiger partial charge in [0.1, 0.15) is 6.61 Å². The van der Waals surface area contributed by atoms with E-state index in [9.17, 15) is 9.59 Å². The van der Waals surface area contributed by atoms with Gasteiger partial charge in [0.05, 0.1) is 6.54 Å². The average Bonchev–Trinajstić information content (AvgIpc) is 2.65. The SMILES string of the molecule is O=C(/C=C/CCO)OCCN1CCCC1=O. The second kappa shape index (κ2) is 7.00. The molecule has 1 saturated heterocycles. The van der Waals surface area contributed by atoms with Gasteiger partial charge >= 0.3 is 5.97 Å². The molecule has 0 unspecified atom stereocenters. The molecule has 1 heterocycles. The molecular weight excluding hydrogens is 210 g/mol. The molecule has 1 aliphatic heterocycles. The fourth-order valence-corrected chi connectivity index (χ4v) is 1.50. The Balaban J connectivity index is 2.10. The van der Waals surface area contributed by atoms with Gasteiger partial charge in [-0.3, -0.25) is 4.79 Å². The molecular formula is C11H17NO4. The molecule has 1 aliphatic rings. The van der Waals surface area contributed by atoms with Crippen molar-refractivity contribution in [1.82, 2.24) is 4.90 Å². The Morgan fingerprint density at radius 2 is 2.38 bits per heavy atom. The number of rotatable bonds is 6. The molecule has 0 saturated carbocycles. The topological polar surface area (TPSA) is 66.8 Å². The van der Waals surface area contributed by atoms with Crippen LogP contribution in [0.2, 0.25) is 0 Å². The second-order valence-corrected chi connectivity index (χ2v) is 3.57. The van der Waals surface area contributed by atoms with Gasteiger partial charge in [-0.05, 0) is 12.8 Å². The number of amides is 1. The molecule has 5 heteroatoms. The van der Waals surface area contributed by atoms with E-state index in [-0.39, 0.29) is 19.1 Å². The third kappa shape index (κ3) is 4.44. The molecule has 0 atom stereocenters. The molecule has 0 bridgehead atoms. The number of carbonyl (C=O) groups is 2. The van der Waals surface area contributed by atoms with Gasteiger partial charge in [-0.2, -0.15) is 0 Å². The Morgan fingerprint density at radius 1 is 1.56 bits per heavy atom. The maximum atomic E-state index is 11.2. The lowest BCUT2D eigenvalue weighted by molar-refractivity contribution is -0.140. The lowest BCUT2D eigenvalue weighted by Gasteiger charge is -2.14. The molecule has 1 rings (SSSR count). The van der Waals surface area contributed by atoms with Crippen LogP contribution >= 0.6 is 0 Å². The predicted octanol–water partition coefficient (Wildman–Crippen LogP) is 0.0906. The van der Waals surface area contributed by atoms with Crippen molar-refractivity contribution in [3.8, 4) is 0 Å². The zero-order chi connectivity index (χ0) is 11.8. The molecule has 1 amide bonds. The van der Waals surface area contributed by atoms with Crippen LogP contribution in [0.15, 0.2) is 12.2 Å². The maximum Gasteiger partial charge on any atom is 0.330 e. The van der Waals surface area contributed by atoms with E-state index in [0.717, 1.165) is 13.0 Å². The Labute approximate surface area is 94.7 Å². The van der Waals surface area contributed by atoms with E-state index in [2.05, 4.69) is 0 Å². The largest absolute Gasteiger partial charge is 0.461 e. The number of hydrogen-bond donors (Lipinski definition) is 1. The highest BCUT2D eigenvalue weighted by Crippen LogP contribution is 2.08. The number of hydrogen-bond acceptors (Lipinski definition) is 4. The fourth-order valence-electron chi connectivity index (χ4n) is 1.50. The smallest absolute Gasteiger partial charge is 0.330 e. The summed E-state index contributed by atoms with van der Waals surface area (Å²) in [5.41, 5.74) is 0. The van der Waals surface area contributed by atoms with Crippen molar-refractivity contribution in [3.63, 3.8) is 0 Å². The molecule has 90 valence electrons. The average molecular weight is 227 g/mol. The van der Waals surface area contributed by atoms with Gasteiger partial charge in [-0.25, -0.2) is 4.79 Å². The number of aliphatic hydroxyl groups excluding tert-OH is 1. The first-order valence-corrected chi connectivity index (χ1v) is 5.46. The predicted molar refractivity (Wildman–Crippen MR) is 57.6 cm³/mol. The molecule has 1 fully saturated rings. The van der Waals surface area contributed by atoms with Gasteiger partial charge in [-0.1, -0.05) is 6.08 Å². The van der Waals surface area contributed by atoms with Gasteiger partial charge in [0.15, 0.2) is 0 Å². The van der Waals surface area contributed by atoms with Gasteiger partial charge in [0, 0.05) is 25.6 Å². The lowest BCUT2D eigenvalue weighted by atomic mass is 10.4. The first kappa shape index (κ1) is 12.7. The highest BCUT2D eigenvalue weighted by atomic mass is 16.5. The summed E-state index contributed by atoms with van der Waals surface area (Å²) in [5, 5.41) is 8.48. The van der Waals surface area contributed by atoms with Gasteiger partial charge in [-0.15, -0.1) is 0 Å². The first-order valence-electron chi connectivity index (χ1n) is 5.46. The van der Waals surface area contributed by atoms with Crippen molar-refractivity contribution in [2.75, 3.05) is 26.3 Å². The van der Waals surface area contributed by atoms with Gasteiger partial charge in [0.25, 0.3) is 0 Å². The zero-order valence-electron chi connectivity index (χ0n) is 9.22. The molecule has 0 aromatic carbocycles. The summed E-state index contributed by atoms with van der Waals surface area (Å²) in [6, 6.07) is 0. The molecule has 5 nitrogen and oxygen atoms in total. The Hall–Kier alpha value is -1.36. The van der Waals surface area contributed by atoms with E-state index in [1.807, 2.05) is 0 Å². The van der Waals surface area contributed by atoms with E-state index >= 15 is 0 Å². The Kier molecular flexibility index (Phi) is 5.56. The van der Waals surface area contributed by atoms with Crippen LogP contribution in [0.25, 0.3) is 0 Å². The number of esters is 1.